The third kappa shape index (κ3) is 3.08. The Hall–Kier alpha value is -3.42. The first kappa shape index (κ1) is 17.4. The van der Waals surface area contributed by atoms with Gasteiger partial charge in [0.05, 0.1) is 12.0 Å². The van der Waals surface area contributed by atoms with Crippen LogP contribution >= 0.6 is 0 Å². The van der Waals surface area contributed by atoms with E-state index < -0.39 is 23.0 Å². The molecule has 1 fully saturated rings. The molecule has 1 saturated heterocycles. The van der Waals surface area contributed by atoms with Gasteiger partial charge in [-0.1, -0.05) is 12.1 Å². The van der Waals surface area contributed by atoms with Crippen molar-refractivity contribution in [1.29, 1.82) is 0 Å². The molecule has 8 nitrogen and oxygen atoms in total. The van der Waals surface area contributed by atoms with Crippen LogP contribution in [0.2, 0.25) is 0 Å². The summed E-state index contributed by atoms with van der Waals surface area (Å²) in [5.41, 5.74) is 0.995. The molecule has 1 aliphatic rings. The highest BCUT2D eigenvalue weighted by atomic mass is 16.6. The molecular weight excluding hydrogens is 340 g/mol. The van der Waals surface area contributed by atoms with Crippen molar-refractivity contribution in [2.75, 3.05) is 12.0 Å². The van der Waals surface area contributed by atoms with Crippen molar-refractivity contribution in [2.45, 2.75) is 19.1 Å². The van der Waals surface area contributed by atoms with Gasteiger partial charge in [0.25, 0.3) is 11.6 Å². The van der Waals surface area contributed by atoms with E-state index in [-0.39, 0.29) is 11.6 Å². The molecule has 0 saturated carbocycles. The molecule has 0 aliphatic carbocycles. The molecule has 0 unspecified atom stereocenters. The average molecular weight is 356 g/mol. The van der Waals surface area contributed by atoms with Crippen molar-refractivity contribution < 1.29 is 24.0 Å². The van der Waals surface area contributed by atoms with Crippen LogP contribution in [-0.2, 0) is 14.3 Å². The van der Waals surface area contributed by atoms with Crippen LogP contribution in [0.3, 0.4) is 0 Å². The lowest BCUT2D eigenvalue weighted by atomic mass is 9.89. The maximum atomic E-state index is 12.5. The maximum Gasteiger partial charge on any atom is 0.303 e. The minimum atomic E-state index is -1.02. The zero-order valence-corrected chi connectivity index (χ0v) is 14.1. The number of carbonyl (C=O) groups is 2. The van der Waals surface area contributed by atoms with Gasteiger partial charge in [0, 0.05) is 24.7 Å². The molecule has 134 valence electrons. The number of ether oxygens (including phenoxy) is 2. The first-order chi connectivity index (χ1) is 12.4. The fourth-order valence-electron chi connectivity index (χ4n) is 2.93. The lowest BCUT2D eigenvalue weighted by Crippen LogP contribution is -2.60. The van der Waals surface area contributed by atoms with Crippen LogP contribution in [0.25, 0.3) is 0 Å². The topological polar surface area (TPSA) is 99.0 Å². The molecule has 0 radical (unpaired) electrons. The van der Waals surface area contributed by atoms with Gasteiger partial charge in [0.1, 0.15) is 11.8 Å². The lowest BCUT2D eigenvalue weighted by molar-refractivity contribution is -0.384. The smallest absolute Gasteiger partial charge is 0.303 e. The molecule has 3 rings (SSSR count). The molecule has 0 bridgehead atoms. The minimum Gasteiger partial charge on any atom is -0.497 e. The van der Waals surface area contributed by atoms with Crippen LogP contribution in [-0.4, -0.2) is 30.0 Å². The Morgan fingerprint density at radius 3 is 2.46 bits per heavy atom. The summed E-state index contributed by atoms with van der Waals surface area (Å²) >= 11 is 0. The Bertz CT molecular complexity index is 864. The zero-order valence-electron chi connectivity index (χ0n) is 14.1. The summed E-state index contributed by atoms with van der Waals surface area (Å²) in [6, 6.07) is 12.1. The molecular formula is C18H16N2O6. The van der Waals surface area contributed by atoms with Crippen LogP contribution in [0.4, 0.5) is 11.4 Å². The monoisotopic (exact) mass is 356 g/mol. The van der Waals surface area contributed by atoms with E-state index >= 15 is 0 Å². The van der Waals surface area contributed by atoms with Gasteiger partial charge in [-0.05, 0) is 29.8 Å². The number of nitrogens with zero attached hydrogens (tertiary/aromatic N) is 2. The van der Waals surface area contributed by atoms with Crippen LogP contribution in [0.5, 0.6) is 5.75 Å². The number of hydrogen-bond acceptors (Lipinski definition) is 6. The van der Waals surface area contributed by atoms with Crippen molar-refractivity contribution in [3.63, 3.8) is 0 Å². The normalized spacial score (nSPS) is 18.8. The Morgan fingerprint density at radius 2 is 1.88 bits per heavy atom. The summed E-state index contributed by atoms with van der Waals surface area (Å²) in [6.07, 6.45) is -1.02. The molecule has 0 spiro atoms. The van der Waals surface area contributed by atoms with Gasteiger partial charge < -0.3 is 9.47 Å². The Balaban J connectivity index is 1.99. The number of esters is 1. The maximum absolute atomic E-state index is 12.5. The molecule has 1 heterocycles. The molecule has 2 aromatic carbocycles. The highest BCUT2D eigenvalue weighted by Crippen LogP contribution is 2.42. The van der Waals surface area contributed by atoms with Crippen molar-refractivity contribution in [2.24, 2.45) is 0 Å². The van der Waals surface area contributed by atoms with Gasteiger partial charge in [-0.2, -0.15) is 0 Å². The molecule has 0 aromatic heterocycles. The number of methoxy groups -OCH3 is 1. The Morgan fingerprint density at radius 1 is 1.19 bits per heavy atom. The van der Waals surface area contributed by atoms with Gasteiger partial charge in [-0.15, -0.1) is 0 Å². The molecule has 2 atom stereocenters. The first-order valence-corrected chi connectivity index (χ1v) is 7.81. The fraction of sp³-hybridized carbons (Fsp3) is 0.222. The third-order valence-electron chi connectivity index (χ3n) is 4.11. The summed E-state index contributed by atoms with van der Waals surface area (Å²) in [4.78, 5) is 35.9. The number of carbonyl (C=O) groups excluding carboxylic acids is 2. The quantitative estimate of drug-likeness (QED) is 0.353. The molecule has 1 aliphatic heterocycles. The van der Waals surface area contributed by atoms with E-state index in [0.29, 0.717) is 17.0 Å². The lowest BCUT2D eigenvalue weighted by Gasteiger charge is -2.46. The van der Waals surface area contributed by atoms with Gasteiger partial charge >= 0.3 is 5.97 Å². The molecule has 1 amide bonds. The Labute approximate surface area is 149 Å². The van der Waals surface area contributed by atoms with Crippen molar-refractivity contribution in [3.8, 4) is 5.75 Å². The molecule has 26 heavy (non-hydrogen) atoms. The first-order valence-electron chi connectivity index (χ1n) is 7.81. The average Bonchev–Trinajstić information content (AvgIpc) is 2.64. The highest BCUT2D eigenvalue weighted by molar-refractivity contribution is 6.06. The number of rotatable bonds is 5. The standard InChI is InChI=1S/C18H16N2O6/c1-11(21)26-17-16(12-4-3-5-14(10-12)20(23)24)19(18(17)22)13-6-8-15(25-2)9-7-13/h3-10,16-17H,1-2H3/t16-,17+/m1/s1. The van der Waals surface area contributed by atoms with Gasteiger partial charge in [-0.25, -0.2) is 0 Å². The predicted octanol–water partition coefficient (Wildman–Crippen LogP) is 2.62. The summed E-state index contributed by atoms with van der Waals surface area (Å²) in [7, 11) is 1.53. The molecule has 2 aromatic rings. The van der Waals surface area contributed by atoms with E-state index in [1.807, 2.05) is 0 Å². The van der Waals surface area contributed by atoms with Gasteiger partial charge in [-0.3, -0.25) is 24.6 Å². The summed E-state index contributed by atoms with van der Waals surface area (Å²) in [6.45, 7) is 1.22. The summed E-state index contributed by atoms with van der Waals surface area (Å²) < 4.78 is 10.2. The molecule has 0 N–H and O–H groups in total. The third-order valence-corrected chi connectivity index (χ3v) is 4.11. The number of nitro groups is 1. The number of amides is 1. The number of anilines is 1. The second-order valence-corrected chi connectivity index (χ2v) is 5.73. The van der Waals surface area contributed by atoms with Gasteiger partial charge in [0.2, 0.25) is 6.10 Å². The van der Waals surface area contributed by atoms with E-state index in [4.69, 9.17) is 9.47 Å². The second-order valence-electron chi connectivity index (χ2n) is 5.73. The van der Waals surface area contributed by atoms with Crippen molar-refractivity contribution in [1.82, 2.24) is 0 Å². The van der Waals surface area contributed by atoms with E-state index in [9.17, 15) is 19.7 Å². The van der Waals surface area contributed by atoms with Crippen LogP contribution in [0.1, 0.15) is 18.5 Å². The van der Waals surface area contributed by atoms with Crippen LogP contribution < -0.4 is 9.64 Å². The number of benzene rings is 2. The SMILES string of the molecule is COc1ccc(N2C(=O)[C@@H](OC(C)=O)[C@H]2c2cccc([N+](=O)[O-])c2)cc1. The second kappa shape index (κ2) is 6.83. The van der Waals surface area contributed by atoms with E-state index in [0.717, 1.165) is 0 Å². The number of non-ortho nitro benzene ring substituents is 1. The largest absolute Gasteiger partial charge is 0.497 e. The van der Waals surface area contributed by atoms with Crippen LogP contribution in [0.15, 0.2) is 48.5 Å². The fourth-order valence-corrected chi connectivity index (χ4v) is 2.93. The minimum absolute atomic E-state index is 0.0990. The van der Waals surface area contributed by atoms with E-state index in [2.05, 4.69) is 0 Å². The predicted molar refractivity (Wildman–Crippen MR) is 91.9 cm³/mol. The van der Waals surface area contributed by atoms with Crippen LogP contribution in [0, 0.1) is 10.1 Å². The highest BCUT2D eigenvalue weighted by Gasteiger charge is 2.51. The number of nitro benzene ring substituents is 1. The van der Waals surface area contributed by atoms with E-state index in [1.54, 1.807) is 30.3 Å². The van der Waals surface area contributed by atoms with Gasteiger partial charge in [0.15, 0.2) is 0 Å². The number of hydrogen-bond donors (Lipinski definition) is 0. The summed E-state index contributed by atoms with van der Waals surface area (Å²) in [5.74, 6) is -0.347. The van der Waals surface area contributed by atoms with E-state index in [1.165, 1.54) is 37.1 Å². The zero-order chi connectivity index (χ0) is 18.8. The summed E-state index contributed by atoms with van der Waals surface area (Å²) in [5, 5.41) is 11.1. The van der Waals surface area contributed by atoms with Crippen molar-refractivity contribution >= 4 is 23.3 Å². The number of β-lactam (4-membered cyclic amide) rings is 1. The van der Waals surface area contributed by atoms with Crippen molar-refractivity contribution in [3.05, 3.63) is 64.2 Å². The molecule has 8 heteroatoms. The Kier molecular flexibility index (Phi) is 4.57.